The third-order valence-corrected chi connectivity index (χ3v) is 5.34. The summed E-state index contributed by atoms with van der Waals surface area (Å²) >= 11 is 5.97. The molecular formula is C20H27Cl2FN2O. The molecule has 6 heteroatoms. The number of ether oxygens (including phenoxy) is 1. The molecule has 1 fully saturated rings. The van der Waals surface area contributed by atoms with Crippen LogP contribution in [0.25, 0.3) is 0 Å². The Morgan fingerprint density at radius 2 is 2.04 bits per heavy atom. The molecule has 1 heterocycles. The van der Waals surface area contributed by atoms with Crippen molar-refractivity contribution in [1.29, 1.82) is 0 Å². The Kier molecular flexibility index (Phi) is 7.78. The number of nitrogens with zero attached hydrogens (tertiary/aromatic N) is 2. The van der Waals surface area contributed by atoms with Crippen LogP contribution in [-0.4, -0.2) is 9.78 Å². The lowest BCUT2D eigenvalue weighted by atomic mass is 10.0. The second-order valence-electron chi connectivity index (χ2n) is 6.98. The van der Waals surface area contributed by atoms with Crippen LogP contribution in [0.3, 0.4) is 0 Å². The molecule has 3 rings (SSSR count). The molecular weight excluding hydrogens is 374 g/mol. The molecule has 0 radical (unpaired) electrons. The highest BCUT2D eigenvalue weighted by Gasteiger charge is 2.26. The Morgan fingerprint density at radius 1 is 1.31 bits per heavy atom. The van der Waals surface area contributed by atoms with Crippen LogP contribution >= 0.6 is 24.0 Å². The highest BCUT2D eigenvalue weighted by atomic mass is 35.5. The van der Waals surface area contributed by atoms with Crippen LogP contribution in [-0.2, 0) is 13.0 Å². The first-order chi connectivity index (χ1) is 12.1. The normalized spacial score (nSPS) is 15.7. The van der Waals surface area contributed by atoms with Crippen molar-refractivity contribution in [3.63, 3.8) is 0 Å². The molecule has 1 aromatic heterocycles. The molecule has 2 aromatic rings. The molecule has 0 amide bonds. The van der Waals surface area contributed by atoms with Crippen LogP contribution in [0.2, 0.25) is 5.02 Å². The third kappa shape index (κ3) is 4.92. The van der Waals surface area contributed by atoms with E-state index in [1.54, 1.807) is 12.1 Å². The summed E-state index contributed by atoms with van der Waals surface area (Å²) in [6.45, 7) is 4.51. The minimum absolute atomic E-state index is 0. The first-order valence-corrected chi connectivity index (χ1v) is 9.61. The highest BCUT2D eigenvalue weighted by Crippen LogP contribution is 2.36. The Balaban J connectivity index is 0.00000243. The Bertz CT molecular complexity index is 714. The molecule has 0 spiro atoms. The molecule has 3 nitrogen and oxygen atoms in total. The Labute approximate surface area is 166 Å². The molecule has 0 bridgehead atoms. The van der Waals surface area contributed by atoms with Gasteiger partial charge in [-0.25, -0.2) is 9.07 Å². The van der Waals surface area contributed by atoms with E-state index in [1.807, 2.05) is 10.7 Å². The summed E-state index contributed by atoms with van der Waals surface area (Å²) in [5.74, 6) is 1.06. The molecule has 1 aliphatic carbocycles. The molecule has 0 aliphatic heterocycles. The summed E-state index contributed by atoms with van der Waals surface area (Å²) in [6, 6.07) is 6.84. The maximum atomic E-state index is 13.9. The number of benzene rings is 1. The summed E-state index contributed by atoms with van der Waals surface area (Å²) in [4.78, 5) is 0. The molecule has 1 saturated carbocycles. The number of rotatable bonds is 7. The molecule has 0 saturated heterocycles. The van der Waals surface area contributed by atoms with Crippen LogP contribution in [0.15, 0.2) is 24.3 Å². The summed E-state index contributed by atoms with van der Waals surface area (Å²) in [5.41, 5.74) is 1.50. The number of aryl methyl sites for hydroxylation is 1. The predicted molar refractivity (Wildman–Crippen MR) is 106 cm³/mol. The van der Waals surface area contributed by atoms with Crippen molar-refractivity contribution in [2.45, 2.75) is 65.0 Å². The van der Waals surface area contributed by atoms with Gasteiger partial charge in [0.15, 0.2) is 0 Å². The van der Waals surface area contributed by atoms with Gasteiger partial charge in [0.1, 0.15) is 12.4 Å². The van der Waals surface area contributed by atoms with Gasteiger partial charge in [0.2, 0.25) is 5.88 Å². The number of hydrogen-bond donors (Lipinski definition) is 0. The van der Waals surface area contributed by atoms with Crippen LogP contribution in [0, 0.1) is 11.7 Å². The maximum Gasteiger partial charge on any atom is 0.212 e. The second-order valence-corrected chi connectivity index (χ2v) is 7.41. The fourth-order valence-electron chi connectivity index (χ4n) is 3.65. The fourth-order valence-corrected chi connectivity index (χ4v) is 3.84. The molecule has 0 N–H and O–H groups in total. The zero-order chi connectivity index (χ0) is 17.8. The van der Waals surface area contributed by atoms with Gasteiger partial charge in [-0.15, -0.1) is 12.4 Å². The maximum absolute atomic E-state index is 13.9. The van der Waals surface area contributed by atoms with E-state index >= 15 is 0 Å². The lowest BCUT2D eigenvalue weighted by Gasteiger charge is -2.21. The lowest BCUT2D eigenvalue weighted by Crippen LogP contribution is -2.17. The average Bonchev–Trinajstić information content (AvgIpc) is 3.25. The predicted octanol–water partition coefficient (Wildman–Crippen LogP) is 6.38. The van der Waals surface area contributed by atoms with Crippen molar-refractivity contribution < 1.29 is 9.13 Å². The van der Waals surface area contributed by atoms with Crippen LogP contribution < -0.4 is 4.74 Å². The number of halogens is 3. The quantitative estimate of drug-likeness (QED) is 0.538. The van der Waals surface area contributed by atoms with E-state index in [0.29, 0.717) is 22.5 Å². The fraction of sp³-hybridized carbons (Fsp3) is 0.550. The Morgan fingerprint density at radius 3 is 2.73 bits per heavy atom. The molecule has 1 aromatic carbocycles. The largest absolute Gasteiger partial charge is 0.473 e. The van der Waals surface area contributed by atoms with E-state index in [2.05, 4.69) is 13.8 Å². The molecule has 26 heavy (non-hydrogen) atoms. The smallest absolute Gasteiger partial charge is 0.212 e. The van der Waals surface area contributed by atoms with Crippen molar-refractivity contribution >= 4 is 24.0 Å². The minimum atomic E-state index is -0.298. The topological polar surface area (TPSA) is 27.1 Å². The van der Waals surface area contributed by atoms with Gasteiger partial charge in [-0.2, -0.15) is 5.10 Å². The van der Waals surface area contributed by atoms with E-state index in [1.165, 1.54) is 31.7 Å². The van der Waals surface area contributed by atoms with Gasteiger partial charge >= 0.3 is 0 Å². The van der Waals surface area contributed by atoms with Gasteiger partial charge in [0.25, 0.3) is 0 Å². The van der Waals surface area contributed by atoms with Gasteiger partial charge in [0, 0.05) is 16.7 Å². The summed E-state index contributed by atoms with van der Waals surface area (Å²) in [7, 11) is 0. The summed E-state index contributed by atoms with van der Waals surface area (Å²) in [6.07, 6.45) is 7.03. The zero-order valence-corrected chi connectivity index (χ0v) is 17.0. The van der Waals surface area contributed by atoms with Crippen molar-refractivity contribution in [2.75, 3.05) is 0 Å². The molecule has 1 aliphatic rings. The monoisotopic (exact) mass is 400 g/mol. The standard InChI is InChI=1S/C20H26ClFN2O.ClH/c1-3-6-18-12-20(24(23-18)14(2)15-7-4-5-8-15)25-13-16-11-17(21)9-10-19(16)22;/h9-12,14-15H,3-8,13H2,1-2H3;1H. The minimum Gasteiger partial charge on any atom is -0.473 e. The van der Waals surface area contributed by atoms with Crippen LogP contribution in [0.1, 0.15) is 63.3 Å². The van der Waals surface area contributed by atoms with E-state index in [9.17, 15) is 4.39 Å². The van der Waals surface area contributed by atoms with Crippen LogP contribution in [0.4, 0.5) is 4.39 Å². The molecule has 1 atom stereocenters. The molecule has 1 unspecified atom stereocenters. The SMILES string of the molecule is CCCc1cc(OCc2cc(Cl)ccc2F)n(C(C)C2CCCC2)n1.Cl. The number of aromatic nitrogens is 2. The lowest BCUT2D eigenvalue weighted by molar-refractivity contribution is 0.235. The van der Waals surface area contributed by atoms with E-state index in [0.717, 1.165) is 24.4 Å². The van der Waals surface area contributed by atoms with Crippen molar-refractivity contribution in [3.05, 3.63) is 46.4 Å². The van der Waals surface area contributed by atoms with E-state index in [-0.39, 0.29) is 24.8 Å². The first kappa shape index (κ1) is 21.0. The number of hydrogen-bond acceptors (Lipinski definition) is 2. The summed E-state index contributed by atoms with van der Waals surface area (Å²) < 4.78 is 21.9. The van der Waals surface area contributed by atoms with Crippen molar-refractivity contribution in [1.82, 2.24) is 9.78 Å². The molecule has 144 valence electrons. The third-order valence-electron chi connectivity index (χ3n) is 5.11. The summed E-state index contributed by atoms with van der Waals surface area (Å²) in [5, 5.41) is 5.28. The van der Waals surface area contributed by atoms with Gasteiger partial charge in [0.05, 0.1) is 11.7 Å². The van der Waals surface area contributed by atoms with E-state index < -0.39 is 0 Å². The first-order valence-electron chi connectivity index (χ1n) is 9.23. The zero-order valence-electron chi connectivity index (χ0n) is 15.4. The Hall–Kier alpha value is -1.26. The van der Waals surface area contributed by atoms with Gasteiger partial charge in [-0.05, 0) is 50.3 Å². The van der Waals surface area contributed by atoms with Gasteiger partial charge < -0.3 is 4.74 Å². The van der Waals surface area contributed by atoms with Gasteiger partial charge in [-0.1, -0.05) is 37.8 Å². The van der Waals surface area contributed by atoms with Crippen molar-refractivity contribution in [2.24, 2.45) is 5.92 Å². The van der Waals surface area contributed by atoms with E-state index in [4.69, 9.17) is 21.4 Å². The average molecular weight is 401 g/mol. The highest BCUT2D eigenvalue weighted by molar-refractivity contribution is 6.30. The van der Waals surface area contributed by atoms with Crippen LogP contribution in [0.5, 0.6) is 5.88 Å². The van der Waals surface area contributed by atoms with Gasteiger partial charge in [-0.3, -0.25) is 0 Å². The van der Waals surface area contributed by atoms with Crippen molar-refractivity contribution in [3.8, 4) is 5.88 Å². The second kappa shape index (κ2) is 9.61.